The van der Waals surface area contributed by atoms with E-state index in [1.54, 1.807) is 0 Å². The highest BCUT2D eigenvalue weighted by Crippen LogP contribution is 2.33. The average Bonchev–Trinajstić information content (AvgIpc) is 2.95. The van der Waals surface area contributed by atoms with Crippen molar-refractivity contribution in [2.75, 3.05) is 7.11 Å². The molecule has 0 unspecified atom stereocenters. The Hall–Kier alpha value is -3.87. The fourth-order valence-corrected chi connectivity index (χ4v) is 5.17. The van der Waals surface area contributed by atoms with Gasteiger partial charge in [0.05, 0.1) is 7.11 Å². The molecule has 0 bridgehead atoms. The number of carbonyl (C=O) groups is 2. The molecule has 7 heteroatoms. The maximum absolute atomic E-state index is 13.2. The summed E-state index contributed by atoms with van der Waals surface area (Å²) in [6.45, 7) is 1.95. The second kappa shape index (κ2) is 12.4. The van der Waals surface area contributed by atoms with E-state index in [-0.39, 0.29) is 29.2 Å². The van der Waals surface area contributed by atoms with Crippen molar-refractivity contribution >= 4 is 11.9 Å². The summed E-state index contributed by atoms with van der Waals surface area (Å²) in [6.07, 6.45) is 4.78. The molecular weight excluding hydrogens is 468 g/mol. The molecule has 2 aromatic carbocycles. The van der Waals surface area contributed by atoms with Gasteiger partial charge in [0.1, 0.15) is 12.1 Å². The molecule has 1 saturated heterocycles. The van der Waals surface area contributed by atoms with Crippen LogP contribution in [0.25, 0.3) is 0 Å². The van der Waals surface area contributed by atoms with E-state index < -0.39 is 17.9 Å². The van der Waals surface area contributed by atoms with Gasteiger partial charge in [0, 0.05) is 18.2 Å². The normalized spacial score (nSPS) is 22.2. The molecule has 0 radical (unpaired) electrons. The topological polar surface area (TPSA) is 97.8 Å². The molecule has 1 aromatic heterocycles. The zero-order chi connectivity index (χ0) is 26.2. The molecule has 1 aliphatic rings. The number of pyridine rings is 1. The predicted octanol–water partition coefficient (Wildman–Crippen LogP) is 4.73. The number of aromatic hydroxyl groups is 1. The molecule has 2 heterocycles. The number of hydrogen-bond donors (Lipinski definition) is 2. The highest BCUT2D eigenvalue weighted by molar-refractivity contribution is 5.97. The number of aromatic nitrogens is 1. The lowest BCUT2D eigenvalue weighted by Gasteiger charge is -2.31. The maximum atomic E-state index is 13.2. The smallest absolute Gasteiger partial charge is 0.328 e. The molecule has 4 atom stereocenters. The first-order chi connectivity index (χ1) is 18.0. The van der Waals surface area contributed by atoms with Crippen molar-refractivity contribution in [3.8, 4) is 11.5 Å². The number of ether oxygens (including phenoxy) is 2. The third-order valence-corrected chi connectivity index (χ3v) is 7.15. The van der Waals surface area contributed by atoms with Crippen LogP contribution < -0.4 is 10.1 Å². The number of methoxy groups -OCH3 is 1. The van der Waals surface area contributed by atoms with Gasteiger partial charge in [-0.2, -0.15) is 0 Å². The van der Waals surface area contributed by atoms with Gasteiger partial charge in [0.25, 0.3) is 5.91 Å². The zero-order valence-electron chi connectivity index (χ0n) is 21.3. The van der Waals surface area contributed by atoms with Crippen molar-refractivity contribution in [3.05, 3.63) is 89.7 Å². The van der Waals surface area contributed by atoms with Crippen LogP contribution in [0.4, 0.5) is 0 Å². The number of cyclic esters (lactones) is 1. The third kappa shape index (κ3) is 6.67. The Morgan fingerprint density at radius 2 is 1.68 bits per heavy atom. The van der Waals surface area contributed by atoms with Crippen molar-refractivity contribution in [2.24, 2.45) is 11.8 Å². The summed E-state index contributed by atoms with van der Waals surface area (Å²) in [6, 6.07) is 21.3. The Morgan fingerprint density at radius 3 is 2.32 bits per heavy atom. The van der Waals surface area contributed by atoms with Gasteiger partial charge in [-0.1, -0.05) is 67.1 Å². The van der Waals surface area contributed by atoms with Gasteiger partial charge in [-0.15, -0.1) is 0 Å². The van der Waals surface area contributed by atoms with Gasteiger partial charge >= 0.3 is 5.97 Å². The quantitative estimate of drug-likeness (QED) is 0.454. The number of rotatable bonds is 7. The minimum absolute atomic E-state index is 0.116. The van der Waals surface area contributed by atoms with E-state index in [2.05, 4.69) is 34.6 Å². The van der Waals surface area contributed by atoms with Crippen LogP contribution in [0.5, 0.6) is 11.5 Å². The van der Waals surface area contributed by atoms with Crippen molar-refractivity contribution in [2.45, 2.75) is 51.2 Å². The minimum atomic E-state index is -0.838. The van der Waals surface area contributed by atoms with E-state index >= 15 is 0 Å². The van der Waals surface area contributed by atoms with E-state index in [1.165, 1.54) is 30.5 Å². The first-order valence-electron chi connectivity index (χ1n) is 12.8. The molecule has 0 spiro atoms. The fraction of sp³-hybridized carbons (Fsp3) is 0.367. The number of nitrogens with zero attached hydrogens (tertiary/aromatic N) is 1. The van der Waals surface area contributed by atoms with Crippen LogP contribution in [0.3, 0.4) is 0 Å². The van der Waals surface area contributed by atoms with Crippen LogP contribution in [0.15, 0.2) is 72.9 Å². The molecule has 0 aliphatic carbocycles. The molecule has 2 N–H and O–H groups in total. The van der Waals surface area contributed by atoms with Gasteiger partial charge in [-0.25, -0.2) is 9.78 Å². The van der Waals surface area contributed by atoms with Gasteiger partial charge in [0.2, 0.25) is 0 Å². The van der Waals surface area contributed by atoms with Crippen LogP contribution in [0, 0.1) is 11.8 Å². The van der Waals surface area contributed by atoms with Crippen LogP contribution in [0.1, 0.15) is 47.8 Å². The number of amides is 1. The summed E-state index contributed by atoms with van der Waals surface area (Å²) in [4.78, 5) is 30.1. The number of esters is 1. The van der Waals surface area contributed by atoms with Crippen molar-refractivity contribution in [1.29, 1.82) is 0 Å². The van der Waals surface area contributed by atoms with Gasteiger partial charge < -0.3 is 19.9 Å². The summed E-state index contributed by atoms with van der Waals surface area (Å²) in [7, 11) is 1.39. The van der Waals surface area contributed by atoms with Crippen LogP contribution in [-0.2, 0) is 22.4 Å². The lowest BCUT2D eigenvalue weighted by molar-refractivity contribution is -0.153. The highest BCUT2D eigenvalue weighted by atomic mass is 16.5. The van der Waals surface area contributed by atoms with E-state index in [1.807, 2.05) is 43.3 Å². The Balaban J connectivity index is 1.54. The Labute approximate surface area is 217 Å². The molecular formula is C30H34N2O5. The van der Waals surface area contributed by atoms with Crippen molar-refractivity contribution < 1.29 is 24.2 Å². The lowest BCUT2D eigenvalue weighted by atomic mass is 9.77. The molecule has 1 amide bonds. The summed E-state index contributed by atoms with van der Waals surface area (Å²) in [5.41, 5.74) is 2.27. The predicted molar refractivity (Wildman–Crippen MR) is 140 cm³/mol. The SMILES string of the molecule is COc1ccnc(C(=O)N[C@H]2CCC[C@H](Cc3ccccc3)[C@@H](Cc3ccccc3)[C@H](C)OC2=O)c1O. The summed E-state index contributed by atoms with van der Waals surface area (Å²) in [5, 5.41) is 13.1. The Morgan fingerprint density at radius 1 is 1.03 bits per heavy atom. The first-order valence-corrected chi connectivity index (χ1v) is 12.8. The van der Waals surface area contributed by atoms with E-state index in [4.69, 9.17) is 9.47 Å². The molecule has 4 rings (SSSR count). The Bertz CT molecular complexity index is 1190. The summed E-state index contributed by atoms with van der Waals surface area (Å²) >= 11 is 0. The molecule has 0 saturated carbocycles. The van der Waals surface area contributed by atoms with E-state index in [9.17, 15) is 14.7 Å². The van der Waals surface area contributed by atoms with Crippen LogP contribution in [0.2, 0.25) is 0 Å². The lowest BCUT2D eigenvalue weighted by Crippen LogP contribution is -2.43. The van der Waals surface area contributed by atoms with Gasteiger partial charge in [-0.05, 0) is 49.7 Å². The van der Waals surface area contributed by atoms with Crippen molar-refractivity contribution in [1.82, 2.24) is 10.3 Å². The van der Waals surface area contributed by atoms with Crippen LogP contribution in [-0.4, -0.2) is 41.2 Å². The maximum Gasteiger partial charge on any atom is 0.328 e. The molecule has 37 heavy (non-hydrogen) atoms. The number of nitrogens with one attached hydrogen (secondary N) is 1. The van der Waals surface area contributed by atoms with E-state index in [0.717, 1.165) is 25.7 Å². The highest BCUT2D eigenvalue weighted by Gasteiger charge is 2.35. The Kier molecular flexibility index (Phi) is 8.77. The second-order valence-electron chi connectivity index (χ2n) is 9.61. The summed E-state index contributed by atoms with van der Waals surface area (Å²) in [5.74, 6) is -0.931. The minimum Gasteiger partial charge on any atom is -0.503 e. The third-order valence-electron chi connectivity index (χ3n) is 7.15. The van der Waals surface area contributed by atoms with Gasteiger partial charge in [-0.3, -0.25) is 4.79 Å². The molecule has 3 aromatic rings. The first kappa shape index (κ1) is 26.2. The molecule has 1 aliphatic heterocycles. The van der Waals surface area contributed by atoms with Crippen LogP contribution >= 0.6 is 0 Å². The van der Waals surface area contributed by atoms with E-state index in [0.29, 0.717) is 12.3 Å². The second-order valence-corrected chi connectivity index (χ2v) is 9.61. The average molecular weight is 503 g/mol. The number of benzene rings is 2. The number of carbonyl (C=O) groups excluding carboxylic acids is 2. The monoisotopic (exact) mass is 502 g/mol. The molecule has 194 valence electrons. The zero-order valence-corrected chi connectivity index (χ0v) is 21.3. The fourth-order valence-electron chi connectivity index (χ4n) is 5.17. The molecule has 1 fully saturated rings. The number of hydrogen-bond acceptors (Lipinski definition) is 6. The summed E-state index contributed by atoms with van der Waals surface area (Å²) < 4.78 is 11.1. The largest absolute Gasteiger partial charge is 0.503 e. The van der Waals surface area contributed by atoms with Gasteiger partial charge in [0.15, 0.2) is 17.2 Å². The molecule has 7 nitrogen and oxygen atoms in total. The standard InChI is InChI=1S/C30H34N2O5/c1-20-24(19-22-12-7-4-8-13-22)23(18-21-10-5-3-6-11-21)14-9-15-25(30(35)37-20)32-29(34)27-28(33)26(36-2)16-17-31-27/h3-8,10-13,16-17,20,23-25,33H,9,14-15,18-19H2,1-2H3,(H,32,34)/t20-,23+,24-,25-/m0/s1. The van der Waals surface area contributed by atoms with Crippen molar-refractivity contribution in [3.63, 3.8) is 0 Å².